The Hall–Kier alpha value is -3.18. The van der Waals surface area contributed by atoms with E-state index >= 15 is 0 Å². The molecule has 0 radical (unpaired) electrons. The van der Waals surface area contributed by atoms with E-state index in [0.29, 0.717) is 28.4 Å². The van der Waals surface area contributed by atoms with Crippen LogP contribution < -0.4 is 5.56 Å². The summed E-state index contributed by atoms with van der Waals surface area (Å²) in [5, 5.41) is 5.61. The van der Waals surface area contributed by atoms with Crippen LogP contribution >= 0.6 is 11.6 Å². The van der Waals surface area contributed by atoms with E-state index in [1.807, 2.05) is 60.7 Å². The Kier molecular flexibility index (Phi) is 3.69. The Morgan fingerprint density at radius 1 is 1.07 bits per heavy atom. The molecule has 1 aliphatic rings. The van der Waals surface area contributed by atoms with Crippen molar-refractivity contribution in [2.24, 2.45) is 0 Å². The van der Waals surface area contributed by atoms with Gasteiger partial charge in [0.2, 0.25) is 0 Å². The molecular formula is C21H15ClN4O. The summed E-state index contributed by atoms with van der Waals surface area (Å²) in [4.78, 5) is 17.8. The molecule has 0 unspecified atom stereocenters. The zero-order chi connectivity index (χ0) is 18.4. The van der Waals surface area contributed by atoms with Gasteiger partial charge in [-0.15, -0.1) is 0 Å². The quantitative estimate of drug-likeness (QED) is 0.529. The fourth-order valence-corrected chi connectivity index (χ4v) is 3.69. The molecule has 27 heavy (non-hydrogen) atoms. The van der Waals surface area contributed by atoms with E-state index in [1.54, 1.807) is 15.4 Å². The first-order valence-electron chi connectivity index (χ1n) is 8.71. The Labute approximate surface area is 160 Å². The predicted molar refractivity (Wildman–Crippen MR) is 107 cm³/mol. The number of nitrogens with zero attached hydrogens (tertiary/aromatic N) is 4. The van der Waals surface area contributed by atoms with Gasteiger partial charge in [-0.1, -0.05) is 41.9 Å². The van der Waals surface area contributed by atoms with Crippen LogP contribution in [0.3, 0.4) is 0 Å². The highest BCUT2D eigenvalue weighted by Crippen LogP contribution is 2.28. The van der Waals surface area contributed by atoms with E-state index < -0.39 is 0 Å². The van der Waals surface area contributed by atoms with Gasteiger partial charge in [-0.3, -0.25) is 9.36 Å². The number of benzene rings is 2. The Morgan fingerprint density at radius 2 is 1.93 bits per heavy atom. The second-order valence-corrected chi connectivity index (χ2v) is 6.93. The van der Waals surface area contributed by atoms with Gasteiger partial charge in [0.1, 0.15) is 11.2 Å². The van der Waals surface area contributed by atoms with Gasteiger partial charge in [-0.05, 0) is 47.9 Å². The average molecular weight is 375 g/mol. The summed E-state index contributed by atoms with van der Waals surface area (Å²) >= 11 is 6.10. The summed E-state index contributed by atoms with van der Waals surface area (Å²) in [6, 6.07) is 17.4. The lowest BCUT2D eigenvalue weighted by Gasteiger charge is -2.06. The summed E-state index contributed by atoms with van der Waals surface area (Å²) < 4.78 is 3.45. The molecule has 0 atom stereocenters. The topological polar surface area (TPSA) is 52.7 Å². The fourth-order valence-electron chi connectivity index (χ4n) is 3.49. The van der Waals surface area contributed by atoms with Gasteiger partial charge in [0.05, 0.1) is 11.9 Å². The predicted octanol–water partition coefficient (Wildman–Crippen LogP) is 4.18. The van der Waals surface area contributed by atoms with Gasteiger partial charge in [0, 0.05) is 11.6 Å². The fraction of sp³-hybridized carbons (Fsp3) is 0.0952. The van der Waals surface area contributed by atoms with E-state index in [2.05, 4.69) is 5.10 Å². The van der Waals surface area contributed by atoms with E-state index in [1.165, 1.54) is 0 Å². The van der Waals surface area contributed by atoms with Gasteiger partial charge in [-0.2, -0.15) is 5.10 Å². The molecule has 0 N–H and O–H groups in total. The van der Waals surface area contributed by atoms with Crippen LogP contribution in [0, 0.1) is 0 Å². The molecule has 6 heteroatoms. The molecule has 5 nitrogen and oxygen atoms in total. The largest absolute Gasteiger partial charge is 0.292 e. The molecule has 0 saturated heterocycles. The first-order chi connectivity index (χ1) is 13.2. The van der Waals surface area contributed by atoms with Crippen molar-refractivity contribution >= 4 is 34.3 Å². The van der Waals surface area contributed by atoms with Crippen molar-refractivity contribution < 1.29 is 0 Å². The van der Waals surface area contributed by atoms with E-state index in [-0.39, 0.29) is 5.56 Å². The third kappa shape index (κ3) is 2.67. The third-order valence-corrected chi connectivity index (χ3v) is 5.00. The van der Waals surface area contributed by atoms with Gasteiger partial charge in [-0.25, -0.2) is 9.67 Å². The summed E-state index contributed by atoms with van der Waals surface area (Å²) in [5.74, 6) is 0.699. The number of halogens is 1. The molecule has 4 aromatic rings. The molecule has 0 bridgehead atoms. The summed E-state index contributed by atoms with van der Waals surface area (Å²) in [5.41, 5.74) is 3.43. The monoisotopic (exact) mass is 374 g/mol. The maximum atomic E-state index is 12.9. The van der Waals surface area contributed by atoms with Crippen LogP contribution in [0.4, 0.5) is 0 Å². The van der Waals surface area contributed by atoms with Crippen molar-refractivity contribution in [1.29, 1.82) is 0 Å². The van der Waals surface area contributed by atoms with Crippen molar-refractivity contribution in [2.75, 3.05) is 0 Å². The van der Waals surface area contributed by atoms with Crippen molar-refractivity contribution in [2.45, 2.75) is 13.0 Å². The number of aromatic nitrogens is 4. The molecular weight excluding hydrogens is 360 g/mol. The van der Waals surface area contributed by atoms with Crippen LogP contribution in [0.25, 0.3) is 28.4 Å². The summed E-state index contributed by atoms with van der Waals surface area (Å²) in [6.45, 7) is 0.625. The van der Waals surface area contributed by atoms with Gasteiger partial charge in [0.15, 0.2) is 5.65 Å². The zero-order valence-corrected chi connectivity index (χ0v) is 15.1. The van der Waals surface area contributed by atoms with E-state index in [4.69, 9.17) is 16.6 Å². The smallest absolute Gasteiger partial charge is 0.264 e. The Bertz CT molecular complexity index is 1250. The van der Waals surface area contributed by atoms with E-state index in [0.717, 1.165) is 23.2 Å². The molecule has 0 fully saturated rings. The molecule has 132 valence electrons. The van der Waals surface area contributed by atoms with Gasteiger partial charge >= 0.3 is 0 Å². The second-order valence-electron chi connectivity index (χ2n) is 6.50. The zero-order valence-electron chi connectivity index (χ0n) is 14.3. The SMILES string of the molecule is O=c1c2cnn(-c3ccccc3)c2nc2n1CC/C2=C\c1cccc(Cl)c1. The highest BCUT2D eigenvalue weighted by Gasteiger charge is 2.23. The molecule has 0 spiro atoms. The molecule has 0 aliphatic carbocycles. The minimum absolute atomic E-state index is 0.0494. The lowest BCUT2D eigenvalue weighted by molar-refractivity contribution is 0.723. The third-order valence-electron chi connectivity index (χ3n) is 4.77. The minimum Gasteiger partial charge on any atom is -0.292 e. The van der Waals surface area contributed by atoms with Gasteiger partial charge < -0.3 is 0 Å². The molecule has 2 aromatic carbocycles. The van der Waals surface area contributed by atoms with Crippen molar-refractivity contribution in [1.82, 2.24) is 19.3 Å². The number of hydrogen-bond acceptors (Lipinski definition) is 3. The standard InChI is InChI=1S/C21H15ClN4O/c22-16-6-4-5-14(12-16)11-15-9-10-25-19(15)24-20-18(21(25)27)13-23-26(20)17-7-2-1-3-8-17/h1-8,11-13H,9-10H2/b15-11+. The molecule has 3 heterocycles. The van der Waals surface area contributed by atoms with Crippen LogP contribution in [0.5, 0.6) is 0 Å². The van der Waals surface area contributed by atoms with Crippen LogP contribution in [-0.2, 0) is 6.54 Å². The Balaban J connectivity index is 1.71. The lowest BCUT2D eigenvalue weighted by Crippen LogP contribution is -2.20. The Morgan fingerprint density at radius 3 is 2.74 bits per heavy atom. The molecule has 5 rings (SSSR count). The number of fused-ring (bicyclic) bond motifs is 2. The maximum absolute atomic E-state index is 12.9. The number of rotatable bonds is 2. The minimum atomic E-state index is -0.0494. The van der Waals surface area contributed by atoms with Crippen molar-refractivity contribution in [3.63, 3.8) is 0 Å². The maximum Gasteiger partial charge on any atom is 0.264 e. The lowest BCUT2D eigenvalue weighted by atomic mass is 10.1. The number of hydrogen-bond donors (Lipinski definition) is 0. The van der Waals surface area contributed by atoms with Crippen LogP contribution in [-0.4, -0.2) is 19.3 Å². The van der Waals surface area contributed by atoms with E-state index in [9.17, 15) is 4.79 Å². The van der Waals surface area contributed by atoms with Crippen LogP contribution in [0.2, 0.25) is 5.02 Å². The normalized spacial score (nSPS) is 14.8. The number of para-hydroxylation sites is 1. The molecule has 0 saturated carbocycles. The first-order valence-corrected chi connectivity index (χ1v) is 9.09. The molecule has 1 aliphatic heterocycles. The highest BCUT2D eigenvalue weighted by atomic mass is 35.5. The summed E-state index contributed by atoms with van der Waals surface area (Å²) in [7, 11) is 0. The summed E-state index contributed by atoms with van der Waals surface area (Å²) in [6.07, 6.45) is 4.41. The second kappa shape index (κ2) is 6.21. The number of allylic oxidation sites excluding steroid dienone is 1. The van der Waals surface area contributed by atoms with Crippen molar-refractivity contribution in [3.05, 3.63) is 87.6 Å². The van der Waals surface area contributed by atoms with Gasteiger partial charge in [0.25, 0.3) is 5.56 Å². The first kappa shape index (κ1) is 16.0. The highest BCUT2D eigenvalue weighted by molar-refractivity contribution is 6.30. The average Bonchev–Trinajstić information content (AvgIpc) is 3.28. The van der Waals surface area contributed by atoms with Crippen LogP contribution in [0.15, 0.2) is 65.6 Å². The van der Waals surface area contributed by atoms with Crippen molar-refractivity contribution in [3.8, 4) is 5.69 Å². The molecule has 2 aromatic heterocycles. The molecule has 0 amide bonds. The van der Waals surface area contributed by atoms with Crippen LogP contribution in [0.1, 0.15) is 17.8 Å².